The summed E-state index contributed by atoms with van der Waals surface area (Å²) in [5.74, 6) is 0.347. The van der Waals surface area contributed by atoms with Crippen LogP contribution in [0.3, 0.4) is 0 Å². The number of benzene rings is 2. The molecule has 0 amide bonds. The molecule has 0 aliphatic heterocycles. The molecule has 0 fully saturated rings. The van der Waals surface area contributed by atoms with Crippen molar-refractivity contribution in [2.75, 3.05) is 6.54 Å². The average Bonchev–Trinajstić information content (AvgIpc) is 2.64. The van der Waals surface area contributed by atoms with Crippen LogP contribution in [-0.4, -0.2) is 18.4 Å². The molecule has 2 aromatic rings. The molecular formula is C22H34NORe-. The number of fused-ring (bicyclic) bond motifs is 1. The first-order chi connectivity index (χ1) is 11.6. The van der Waals surface area contributed by atoms with Gasteiger partial charge in [0.15, 0.2) is 5.78 Å². The minimum Gasteiger partial charge on any atom is -0.307 e. The Kier molecular flexibility index (Phi) is 16.0. The largest absolute Gasteiger partial charge is 0.307 e. The molecule has 1 atom stereocenters. The first kappa shape index (κ1) is 26.2. The van der Waals surface area contributed by atoms with Crippen molar-refractivity contribution >= 4 is 16.6 Å². The van der Waals surface area contributed by atoms with Gasteiger partial charge in [0.1, 0.15) is 0 Å². The van der Waals surface area contributed by atoms with E-state index < -0.39 is 0 Å². The fraction of sp³-hybridized carbons (Fsp3) is 0.500. The van der Waals surface area contributed by atoms with E-state index in [1.165, 1.54) is 10.9 Å². The first-order valence-corrected chi connectivity index (χ1v) is 9.28. The summed E-state index contributed by atoms with van der Waals surface area (Å²) in [6, 6.07) is 15.5. The minimum absolute atomic E-state index is 0. The van der Waals surface area contributed by atoms with Crippen molar-refractivity contribution in [3.8, 4) is 0 Å². The maximum atomic E-state index is 12.2. The molecule has 1 radical (unpaired) electrons. The van der Waals surface area contributed by atoms with E-state index in [1.54, 1.807) is 0 Å². The number of likely N-dealkylation sites (N-methyl/N-ethyl adjacent to an activating group) is 1. The van der Waals surface area contributed by atoms with Crippen LogP contribution in [0.15, 0.2) is 36.4 Å². The minimum atomic E-state index is -0.0925. The fourth-order valence-electron chi connectivity index (χ4n) is 2.46. The van der Waals surface area contributed by atoms with Gasteiger partial charge in [-0.15, -0.1) is 47.2 Å². The van der Waals surface area contributed by atoms with Crippen molar-refractivity contribution in [2.45, 2.75) is 60.9 Å². The van der Waals surface area contributed by atoms with Crippen LogP contribution in [0, 0.1) is 12.0 Å². The van der Waals surface area contributed by atoms with Gasteiger partial charge in [0.2, 0.25) is 0 Å². The maximum Gasteiger partial charge on any atom is 0.152 e. The SMILES string of the molecule is CC.CC.CCNC(Cc1ccc2[c-]cccc2c1)C(=O)C(C)C.[Re]. The Morgan fingerprint density at radius 2 is 1.76 bits per heavy atom. The predicted molar refractivity (Wildman–Crippen MR) is 106 cm³/mol. The second kappa shape index (κ2) is 15.3. The third-order valence-electron chi connectivity index (χ3n) is 3.53. The van der Waals surface area contributed by atoms with Gasteiger partial charge in [0.05, 0.1) is 6.04 Å². The van der Waals surface area contributed by atoms with E-state index in [1.807, 2.05) is 60.6 Å². The number of hydrogen-bond acceptors (Lipinski definition) is 2. The molecule has 0 saturated heterocycles. The molecule has 0 heterocycles. The molecule has 0 saturated carbocycles. The summed E-state index contributed by atoms with van der Waals surface area (Å²) in [6.07, 6.45) is 0.746. The molecule has 0 aromatic heterocycles. The number of carbonyl (C=O) groups is 1. The quantitative estimate of drug-likeness (QED) is 0.521. The van der Waals surface area contributed by atoms with E-state index in [2.05, 4.69) is 35.6 Å². The summed E-state index contributed by atoms with van der Waals surface area (Å²) < 4.78 is 0. The first-order valence-electron chi connectivity index (χ1n) is 9.28. The van der Waals surface area contributed by atoms with Crippen molar-refractivity contribution in [1.29, 1.82) is 0 Å². The van der Waals surface area contributed by atoms with Gasteiger partial charge in [0.25, 0.3) is 0 Å². The monoisotopic (exact) mass is 515 g/mol. The third-order valence-corrected chi connectivity index (χ3v) is 3.53. The summed E-state index contributed by atoms with van der Waals surface area (Å²) in [4.78, 5) is 12.2. The zero-order chi connectivity index (χ0) is 18.5. The third kappa shape index (κ3) is 8.77. The van der Waals surface area contributed by atoms with Gasteiger partial charge in [-0.3, -0.25) is 4.79 Å². The van der Waals surface area contributed by atoms with Crippen LogP contribution in [0.25, 0.3) is 10.8 Å². The van der Waals surface area contributed by atoms with Gasteiger partial charge in [-0.1, -0.05) is 60.1 Å². The Balaban J connectivity index is 0. The number of carbonyl (C=O) groups excluding carboxylic acids is 1. The van der Waals surface area contributed by atoms with E-state index >= 15 is 0 Å². The Bertz CT molecular complexity index is 595. The van der Waals surface area contributed by atoms with Crippen LogP contribution in [0.2, 0.25) is 0 Å². The molecule has 1 unspecified atom stereocenters. The Morgan fingerprint density at radius 1 is 1.12 bits per heavy atom. The van der Waals surface area contributed by atoms with Gasteiger partial charge in [0, 0.05) is 26.3 Å². The second-order valence-electron chi connectivity index (χ2n) is 5.46. The number of hydrogen-bond donors (Lipinski definition) is 1. The van der Waals surface area contributed by atoms with Crippen molar-refractivity contribution in [2.24, 2.45) is 5.92 Å². The molecule has 1 N–H and O–H groups in total. The van der Waals surface area contributed by atoms with Crippen LogP contribution in [0.4, 0.5) is 0 Å². The summed E-state index contributed by atoms with van der Waals surface area (Å²) in [5, 5.41) is 5.60. The van der Waals surface area contributed by atoms with Crippen LogP contribution in [-0.2, 0) is 31.6 Å². The molecule has 0 aliphatic carbocycles. The normalized spacial score (nSPS) is 10.7. The van der Waals surface area contributed by atoms with E-state index in [0.29, 0.717) is 0 Å². The van der Waals surface area contributed by atoms with Gasteiger partial charge in [-0.25, -0.2) is 0 Å². The number of ketones is 1. The van der Waals surface area contributed by atoms with E-state index in [0.717, 1.165) is 18.4 Å². The average molecular weight is 515 g/mol. The standard InChI is InChI=1S/C18H22NO.2C2H6.Re/c1-4-19-17(18(20)13(2)3)12-14-9-10-15-7-5-6-8-16(15)11-14;2*1-2;/h5-6,8-11,13,17,19H,4,12H2,1-3H3;2*1-2H3;/q-1;;;. The molecule has 141 valence electrons. The van der Waals surface area contributed by atoms with E-state index in [4.69, 9.17) is 0 Å². The molecule has 25 heavy (non-hydrogen) atoms. The van der Waals surface area contributed by atoms with Gasteiger partial charge < -0.3 is 5.32 Å². The molecule has 0 bridgehead atoms. The molecule has 0 aliphatic rings. The molecule has 3 heteroatoms. The summed E-state index contributed by atoms with van der Waals surface area (Å²) in [7, 11) is 0. The Morgan fingerprint density at radius 3 is 2.32 bits per heavy atom. The van der Waals surface area contributed by atoms with Gasteiger partial charge in [-0.05, 0) is 13.0 Å². The number of Topliss-reactive ketones (excluding diaryl/α,β-unsaturated/α-hetero) is 1. The Labute approximate surface area is 168 Å². The van der Waals surface area contributed by atoms with Crippen molar-refractivity contribution in [3.63, 3.8) is 0 Å². The predicted octanol–water partition coefficient (Wildman–Crippen LogP) is 5.44. The molecule has 2 aromatic carbocycles. The van der Waals surface area contributed by atoms with Crippen LogP contribution >= 0.6 is 0 Å². The number of rotatable bonds is 6. The van der Waals surface area contributed by atoms with Crippen molar-refractivity contribution < 1.29 is 25.2 Å². The van der Waals surface area contributed by atoms with E-state index in [9.17, 15) is 4.79 Å². The van der Waals surface area contributed by atoms with Crippen molar-refractivity contribution in [3.05, 3.63) is 48.0 Å². The zero-order valence-electron chi connectivity index (χ0n) is 16.8. The summed E-state index contributed by atoms with van der Waals surface area (Å²) >= 11 is 0. The summed E-state index contributed by atoms with van der Waals surface area (Å²) in [5.41, 5.74) is 1.19. The maximum absolute atomic E-state index is 12.2. The van der Waals surface area contributed by atoms with Crippen LogP contribution < -0.4 is 5.32 Å². The van der Waals surface area contributed by atoms with Crippen LogP contribution in [0.1, 0.15) is 54.0 Å². The zero-order valence-corrected chi connectivity index (χ0v) is 19.5. The van der Waals surface area contributed by atoms with Crippen LogP contribution in [0.5, 0.6) is 0 Å². The molecule has 2 rings (SSSR count). The topological polar surface area (TPSA) is 29.1 Å². The smallest absolute Gasteiger partial charge is 0.152 e. The molecule has 0 spiro atoms. The van der Waals surface area contributed by atoms with Gasteiger partial charge >= 0.3 is 0 Å². The fourth-order valence-corrected chi connectivity index (χ4v) is 2.46. The Hall–Kier alpha value is -1.01. The number of nitrogens with one attached hydrogen (secondary N) is 1. The second-order valence-corrected chi connectivity index (χ2v) is 5.46. The summed E-state index contributed by atoms with van der Waals surface area (Å²) in [6.45, 7) is 14.8. The molecule has 2 nitrogen and oxygen atoms in total. The van der Waals surface area contributed by atoms with Crippen molar-refractivity contribution in [1.82, 2.24) is 5.32 Å². The molecular weight excluding hydrogens is 480 g/mol. The van der Waals surface area contributed by atoms with E-state index in [-0.39, 0.29) is 38.2 Å². The van der Waals surface area contributed by atoms with Gasteiger partial charge in [-0.2, -0.15) is 0 Å².